The van der Waals surface area contributed by atoms with Crippen molar-refractivity contribution in [3.8, 4) is 22.3 Å². The molecule has 4 rings (SSSR count). The second kappa shape index (κ2) is 11.1. The normalized spacial score (nSPS) is 10.2. The van der Waals surface area contributed by atoms with Gasteiger partial charge in [0.1, 0.15) is 0 Å². The summed E-state index contributed by atoms with van der Waals surface area (Å²) < 4.78 is 0. The number of carbonyl (C=O) groups is 2. The van der Waals surface area contributed by atoms with Gasteiger partial charge >= 0.3 is 11.9 Å². The zero-order chi connectivity index (χ0) is 26.4. The van der Waals surface area contributed by atoms with Gasteiger partial charge in [0, 0.05) is 11.6 Å². The quantitative estimate of drug-likeness (QED) is 0.235. The zero-order valence-electron chi connectivity index (χ0n) is 20.1. The molecule has 0 atom stereocenters. The SMILES string of the molecule is Cc1ccc(-c2ccc(C(=O)O)cc2)cc1C.Cc1ccc(-c2ccc(C(=O)O)cc2)cc1[N+](=O)[O-]. The van der Waals surface area contributed by atoms with Crippen LogP contribution in [0.15, 0.2) is 84.9 Å². The summed E-state index contributed by atoms with van der Waals surface area (Å²) in [7, 11) is 0. The molecule has 0 bridgehead atoms. The Balaban J connectivity index is 0.000000202. The second-order valence-corrected chi connectivity index (χ2v) is 8.32. The van der Waals surface area contributed by atoms with Crippen LogP contribution in [0.4, 0.5) is 5.69 Å². The molecule has 182 valence electrons. The zero-order valence-corrected chi connectivity index (χ0v) is 20.1. The maximum absolute atomic E-state index is 10.9. The topological polar surface area (TPSA) is 118 Å². The van der Waals surface area contributed by atoms with Crippen molar-refractivity contribution in [2.45, 2.75) is 20.8 Å². The number of aryl methyl sites for hydroxylation is 3. The number of aromatic carboxylic acids is 2. The van der Waals surface area contributed by atoms with Crippen molar-refractivity contribution in [1.82, 2.24) is 0 Å². The molecule has 2 N–H and O–H groups in total. The fraction of sp³-hybridized carbons (Fsp3) is 0.103. The Bertz CT molecular complexity index is 1420. The van der Waals surface area contributed by atoms with E-state index in [0.717, 1.165) is 16.7 Å². The van der Waals surface area contributed by atoms with Crippen LogP contribution < -0.4 is 0 Å². The number of carboxylic acid groups (broad SMARTS) is 2. The fourth-order valence-electron chi connectivity index (χ4n) is 3.52. The summed E-state index contributed by atoms with van der Waals surface area (Å²) in [5.74, 6) is -1.89. The Hall–Kier alpha value is -4.78. The summed E-state index contributed by atoms with van der Waals surface area (Å²) >= 11 is 0. The predicted octanol–water partition coefficient (Wildman–Crippen LogP) is 6.94. The average Bonchev–Trinajstić information content (AvgIpc) is 2.86. The minimum Gasteiger partial charge on any atom is -0.478 e. The summed E-state index contributed by atoms with van der Waals surface area (Å²) in [6, 6.07) is 24.4. The highest BCUT2D eigenvalue weighted by atomic mass is 16.6. The summed E-state index contributed by atoms with van der Waals surface area (Å²) in [4.78, 5) is 31.9. The van der Waals surface area contributed by atoms with Gasteiger partial charge in [0.2, 0.25) is 0 Å². The molecule has 0 heterocycles. The van der Waals surface area contributed by atoms with E-state index in [1.165, 1.54) is 29.3 Å². The van der Waals surface area contributed by atoms with Crippen molar-refractivity contribution in [2.24, 2.45) is 0 Å². The first-order valence-electron chi connectivity index (χ1n) is 11.1. The molecule has 0 unspecified atom stereocenters. The van der Waals surface area contributed by atoms with Gasteiger partial charge in [-0.25, -0.2) is 9.59 Å². The van der Waals surface area contributed by atoms with Crippen LogP contribution in [0.1, 0.15) is 37.4 Å². The molecule has 0 aliphatic rings. The Morgan fingerprint density at radius 1 is 0.583 bits per heavy atom. The molecule has 0 aliphatic carbocycles. The van der Waals surface area contributed by atoms with E-state index in [4.69, 9.17) is 10.2 Å². The predicted molar refractivity (Wildman–Crippen MR) is 139 cm³/mol. The average molecular weight is 484 g/mol. The third-order valence-electron chi connectivity index (χ3n) is 5.84. The fourth-order valence-corrected chi connectivity index (χ4v) is 3.52. The Kier molecular flexibility index (Phi) is 7.96. The second-order valence-electron chi connectivity index (χ2n) is 8.32. The third-order valence-corrected chi connectivity index (χ3v) is 5.84. The molecule has 0 saturated heterocycles. The summed E-state index contributed by atoms with van der Waals surface area (Å²) in [6.07, 6.45) is 0. The lowest BCUT2D eigenvalue weighted by Crippen LogP contribution is -1.95. The van der Waals surface area contributed by atoms with E-state index in [0.29, 0.717) is 16.7 Å². The number of rotatable bonds is 5. The first-order chi connectivity index (χ1) is 17.1. The van der Waals surface area contributed by atoms with E-state index in [9.17, 15) is 19.7 Å². The Labute approximate surface area is 208 Å². The highest BCUT2D eigenvalue weighted by molar-refractivity contribution is 5.89. The van der Waals surface area contributed by atoms with Gasteiger partial charge in [-0.1, -0.05) is 54.6 Å². The van der Waals surface area contributed by atoms with Gasteiger partial charge in [0.05, 0.1) is 16.1 Å². The van der Waals surface area contributed by atoms with E-state index in [1.54, 1.807) is 43.3 Å². The molecular formula is C29H25NO6. The highest BCUT2D eigenvalue weighted by Gasteiger charge is 2.12. The lowest BCUT2D eigenvalue weighted by atomic mass is 10.00. The molecule has 36 heavy (non-hydrogen) atoms. The minimum atomic E-state index is -0.999. The van der Waals surface area contributed by atoms with Crippen LogP contribution in [0.25, 0.3) is 22.3 Å². The summed E-state index contributed by atoms with van der Waals surface area (Å²) in [5, 5.41) is 28.5. The molecule has 0 aliphatic heterocycles. The largest absolute Gasteiger partial charge is 0.478 e. The molecular weight excluding hydrogens is 458 g/mol. The van der Waals surface area contributed by atoms with Crippen molar-refractivity contribution in [3.63, 3.8) is 0 Å². The van der Waals surface area contributed by atoms with Crippen LogP contribution in [0.3, 0.4) is 0 Å². The number of carboxylic acids is 2. The molecule has 0 aromatic heterocycles. The lowest BCUT2D eigenvalue weighted by molar-refractivity contribution is -0.385. The van der Waals surface area contributed by atoms with Gasteiger partial charge in [-0.15, -0.1) is 0 Å². The number of nitro benzene ring substituents is 1. The summed E-state index contributed by atoms with van der Waals surface area (Å²) in [5.41, 5.74) is 7.24. The number of hydrogen-bond donors (Lipinski definition) is 2. The van der Waals surface area contributed by atoms with Gasteiger partial charge in [0.25, 0.3) is 5.69 Å². The van der Waals surface area contributed by atoms with E-state index in [-0.39, 0.29) is 11.3 Å². The van der Waals surface area contributed by atoms with Gasteiger partial charge in [-0.05, 0) is 78.4 Å². The molecule has 7 heteroatoms. The lowest BCUT2D eigenvalue weighted by Gasteiger charge is -2.05. The maximum Gasteiger partial charge on any atom is 0.335 e. The van der Waals surface area contributed by atoms with Gasteiger partial charge < -0.3 is 10.2 Å². The number of nitrogens with zero attached hydrogens (tertiary/aromatic N) is 1. The van der Waals surface area contributed by atoms with E-state index < -0.39 is 16.9 Å². The van der Waals surface area contributed by atoms with Gasteiger partial charge in [-0.3, -0.25) is 10.1 Å². The molecule has 0 saturated carbocycles. The molecule has 4 aromatic rings. The molecule has 0 radical (unpaired) electrons. The number of benzene rings is 4. The smallest absolute Gasteiger partial charge is 0.335 e. The molecule has 7 nitrogen and oxygen atoms in total. The Morgan fingerprint density at radius 2 is 0.972 bits per heavy atom. The summed E-state index contributed by atoms with van der Waals surface area (Å²) in [6.45, 7) is 5.83. The van der Waals surface area contributed by atoms with Crippen LogP contribution in [-0.2, 0) is 0 Å². The van der Waals surface area contributed by atoms with Crippen molar-refractivity contribution in [1.29, 1.82) is 0 Å². The van der Waals surface area contributed by atoms with E-state index >= 15 is 0 Å². The van der Waals surface area contributed by atoms with E-state index in [2.05, 4.69) is 32.0 Å². The third kappa shape index (κ3) is 6.21. The first-order valence-corrected chi connectivity index (χ1v) is 11.1. The Morgan fingerprint density at radius 3 is 1.36 bits per heavy atom. The van der Waals surface area contributed by atoms with Gasteiger partial charge in [-0.2, -0.15) is 0 Å². The van der Waals surface area contributed by atoms with Crippen LogP contribution in [0, 0.1) is 30.9 Å². The standard InChI is InChI=1S/C15H14O2.C14H11NO4/c1-10-3-4-14(9-11(10)2)12-5-7-13(8-6-12)15(16)17;1-9-2-3-12(8-13(9)15(18)19)10-4-6-11(7-5-10)14(16)17/h3-9H,1-2H3,(H,16,17);2-8H,1H3,(H,16,17). The van der Waals surface area contributed by atoms with Crippen LogP contribution in [0.5, 0.6) is 0 Å². The van der Waals surface area contributed by atoms with Crippen molar-refractivity contribution in [2.75, 3.05) is 0 Å². The number of nitro groups is 1. The van der Waals surface area contributed by atoms with Crippen molar-refractivity contribution in [3.05, 3.63) is 123 Å². The molecule has 0 spiro atoms. The maximum atomic E-state index is 10.9. The minimum absolute atomic E-state index is 0.0554. The molecule has 0 amide bonds. The van der Waals surface area contributed by atoms with Gasteiger partial charge in [0.15, 0.2) is 0 Å². The number of hydrogen-bond acceptors (Lipinski definition) is 4. The first kappa shape index (κ1) is 25.8. The van der Waals surface area contributed by atoms with Crippen LogP contribution >= 0.6 is 0 Å². The molecule has 4 aromatic carbocycles. The van der Waals surface area contributed by atoms with Crippen LogP contribution in [0.2, 0.25) is 0 Å². The van der Waals surface area contributed by atoms with Crippen molar-refractivity contribution < 1.29 is 24.7 Å². The monoisotopic (exact) mass is 483 g/mol. The van der Waals surface area contributed by atoms with E-state index in [1.807, 2.05) is 12.1 Å². The van der Waals surface area contributed by atoms with Crippen molar-refractivity contribution >= 4 is 17.6 Å². The van der Waals surface area contributed by atoms with Crippen LogP contribution in [-0.4, -0.2) is 27.1 Å². The molecule has 0 fully saturated rings. The highest BCUT2D eigenvalue weighted by Crippen LogP contribution is 2.27.